The van der Waals surface area contributed by atoms with Gasteiger partial charge < -0.3 is 9.47 Å². The summed E-state index contributed by atoms with van der Waals surface area (Å²) in [5, 5.41) is 7.63. The minimum Gasteiger partial charge on any atom is -0.463 e. The third-order valence-corrected chi connectivity index (χ3v) is 2.22. The predicted octanol–water partition coefficient (Wildman–Crippen LogP) is 3.27. The number of nitriles is 1. The van der Waals surface area contributed by atoms with Gasteiger partial charge in [-0.1, -0.05) is 52.2 Å². The highest BCUT2D eigenvalue weighted by Gasteiger charge is 1.94. The highest BCUT2D eigenvalue weighted by molar-refractivity contribution is 5.81. The predicted molar refractivity (Wildman–Crippen MR) is 76.4 cm³/mol. The van der Waals surface area contributed by atoms with Gasteiger partial charge in [-0.3, -0.25) is 0 Å². The van der Waals surface area contributed by atoms with Crippen molar-refractivity contribution in [3.05, 3.63) is 25.3 Å². The third-order valence-electron chi connectivity index (χ3n) is 2.22. The molecule has 0 amide bonds. The van der Waals surface area contributed by atoms with E-state index in [1.807, 2.05) is 0 Å². The van der Waals surface area contributed by atoms with Crippen molar-refractivity contribution in [2.24, 2.45) is 0 Å². The Morgan fingerprint density at radius 1 is 1.05 bits per heavy atom. The van der Waals surface area contributed by atoms with Crippen molar-refractivity contribution >= 4 is 11.9 Å². The number of unbranched alkanes of at least 4 members (excludes halogenated alkanes) is 5. The van der Waals surface area contributed by atoms with Crippen molar-refractivity contribution in [3.8, 4) is 6.26 Å². The van der Waals surface area contributed by atoms with E-state index in [0.29, 0.717) is 6.61 Å². The van der Waals surface area contributed by atoms with E-state index in [2.05, 4.69) is 24.8 Å². The minimum atomic E-state index is -0.720. The minimum absolute atomic E-state index is 0.312. The Hall–Kier alpha value is -2.09. The summed E-state index contributed by atoms with van der Waals surface area (Å²) in [6.45, 7) is 9.12. The van der Waals surface area contributed by atoms with Crippen LogP contribution in [0.5, 0.6) is 0 Å². The van der Waals surface area contributed by atoms with Gasteiger partial charge in [-0.15, -0.1) is 5.26 Å². The normalized spacial score (nSPS) is 8.40. The number of rotatable bonds is 9. The summed E-state index contributed by atoms with van der Waals surface area (Å²) in [5.74, 6) is -1.03. The molecule has 5 heteroatoms. The summed E-state index contributed by atoms with van der Waals surface area (Å²) in [4.78, 5) is 20.5. The molecule has 0 saturated heterocycles. The molecule has 0 aromatic rings. The number of carbonyl (C=O) groups is 2. The lowest BCUT2D eigenvalue weighted by Gasteiger charge is -2.01. The topological polar surface area (TPSA) is 76.4 Å². The maximum absolute atomic E-state index is 10.6. The monoisotopic (exact) mass is 281 g/mol. The molecule has 5 nitrogen and oxygen atoms in total. The van der Waals surface area contributed by atoms with Crippen LogP contribution in [0.25, 0.3) is 0 Å². The molecule has 0 aromatic heterocycles. The zero-order chi connectivity index (χ0) is 15.6. The average Bonchev–Trinajstić information content (AvgIpc) is 2.46. The van der Waals surface area contributed by atoms with Crippen LogP contribution in [-0.2, 0) is 19.1 Å². The lowest BCUT2D eigenvalue weighted by molar-refractivity contribution is -0.137. The van der Waals surface area contributed by atoms with E-state index in [1.54, 1.807) is 0 Å². The molecule has 0 aliphatic heterocycles. The fraction of sp³-hybridized carbons (Fsp3) is 0.533. The number of carbonyl (C=O) groups excluding carboxylic acids is 2. The van der Waals surface area contributed by atoms with Crippen molar-refractivity contribution in [1.29, 1.82) is 5.26 Å². The van der Waals surface area contributed by atoms with Crippen molar-refractivity contribution < 1.29 is 19.1 Å². The van der Waals surface area contributed by atoms with E-state index in [9.17, 15) is 9.59 Å². The number of esters is 2. The maximum Gasteiger partial charge on any atom is 0.345 e. The third kappa shape index (κ3) is 18.3. The molecule has 0 heterocycles. The van der Waals surface area contributed by atoms with Crippen molar-refractivity contribution in [1.82, 2.24) is 0 Å². The summed E-state index contributed by atoms with van der Waals surface area (Å²) in [6.07, 6.45) is 10.6. The lowest BCUT2D eigenvalue weighted by atomic mass is 10.1. The zero-order valence-electron chi connectivity index (χ0n) is 12.1. The summed E-state index contributed by atoms with van der Waals surface area (Å²) < 4.78 is 8.58. The van der Waals surface area contributed by atoms with Gasteiger partial charge in [-0.25, -0.2) is 9.59 Å². The first-order valence-electron chi connectivity index (χ1n) is 6.63. The van der Waals surface area contributed by atoms with Gasteiger partial charge in [-0.2, -0.15) is 0 Å². The van der Waals surface area contributed by atoms with Gasteiger partial charge >= 0.3 is 11.9 Å². The van der Waals surface area contributed by atoms with Crippen LogP contribution in [0.1, 0.15) is 45.4 Å². The van der Waals surface area contributed by atoms with Crippen LogP contribution < -0.4 is 0 Å². The molecular formula is C15H23NO4. The van der Waals surface area contributed by atoms with Crippen LogP contribution in [0, 0.1) is 11.5 Å². The van der Waals surface area contributed by atoms with E-state index in [4.69, 9.17) is 10.00 Å². The maximum atomic E-state index is 10.6. The van der Waals surface area contributed by atoms with Crippen molar-refractivity contribution in [2.45, 2.75) is 45.4 Å². The largest absolute Gasteiger partial charge is 0.463 e. The van der Waals surface area contributed by atoms with Gasteiger partial charge in [-0.05, 0) is 6.42 Å². The fourth-order valence-corrected chi connectivity index (χ4v) is 1.20. The Balaban J connectivity index is 0. The quantitative estimate of drug-likeness (QED) is 0.280. The molecule has 20 heavy (non-hydrogen) atoms. The highest BCUT2D eigenvalue weighted by atomic mass is 16.5. The first-order chi connectivity index (χ1) is 9.62. The van der Waals surface area contributed by atoms with Crippen LogP contribution in [-0.4, -0.2) is 18.5 Å². The van der Waals surface area contributed by atoms with Crippen molar-refractivity contribution in [2.75, 3.05) is 6.61 Å². The van der Waals surface area contributed by atoms with E-state index in [0.717, 1.165) is 18.9 Å². The number of ether oxygens (including phenoxy) is 2. The SMILES string of the molecule is C=CC(=O)OC#N.C=CC(=O)OCCCCCCCC. The molecule has 0 bridgehead atoms. The smallest absolute Gasteiger partial charge is 0.345 e. The molecule has 112 valence electrons. The van der Waals surface area contributed by atoms with Crippen LogP contribution in [0.2, 0.25) is 0 Å². The summed E-state index contributed by atoms with van der Waals surface area (Å²) in [7, 11) is 0. The summed E-state index contributed by atoms with van der Waals surface area (Å²) >= 11 is 0. The second-order valence-corrected chi connectivity index (χ2v) is 3.86. The molecule has 0 unspecified atom stereocenters. The first-order valence-corrected chi connectivity index (χ1v) is 6.63. The number of nitrogens with zero attached hydrogens (tertiary/aromatic N) is 1. The highest BCUT2D eigenvalue weighted by Crippen LogP contribution is 2.04. The molecular weight excluding hydrogens is 258 g/mol. The molecule has 0 saturated carbocycles. The average molecular weight is 281 g/mol. The van der Waals surface area contributed by atoms with Gasteiger partial charge in [0.25, 0.3) is 6.26 Å². The van der Waals surface area contributed by atoms with E-state index < -0.39 is 5.97 Å². The Bertz CT molecular complexity index is 331. The second kappa shape index (κ2) is 16.9. The van der Waals surface area contributed by atoms with E-state index in [-0.39, 0.29) is 5.97 Å². The Morgan fingerprint density at radius 2 is 1.60 bits per heavy atom. The molecule has 0 spiro atoms. The Labute approximate surface area is 120 Å². The van der Waals surface area contributed by atoms with Crippen LogP contribution in [0.3, 0.4) is 0 Å². The molecule has 0 rings (SSSR count). The molecule has 0 radical (unpaired) electrons. The van der Waals surface area contributed by atoms with Gasteiger partial charge in [0.1, 0.15) is 0 Å². The van der Waals surface area contributed by atoms with E-state index >= 15 is 0 Å². The van der Waals surface area contributed by atoms with Crippen LogP contribution in [0.4, 0.5) is 0 Å². The van der Waals surface area contributed by atoms with Gasteiger partial charge in [0.05, 0.1) is 6.61 Å². The van der Waals surface area contributed by atoms with Crippen LogP contribution >= 0.6 is 0 Å². The first kappa shape index (κ1) is 20.2. The Morgan fingerprint density at radius 3 is 2.05 bits per heavy atom. The second-order valence-electron chi connectivity index (χ2n) is 3.86. The van der Waals surface area contributed by atoms with E-state index in [1.165, 1.54) is 38.0 Å². The molecule has 0 aromatic carbocycles. The lowest BCUT2D eigenvalue weighted by Crippen LogP contribution is -2.01. The Kier molecular flexibility index (Phi) is 17.1. The summed E-state index contributed by atoms with van der Waals surface area (Å²) in [6, 6.07) is 0. The standard InChI is InChI=1S/C11H20O2.C4H3NO2/c1-3-5-6-7-8-9-10-13-11(12)4-2;1-2-4(6)7-3-5/h4H,2-3,5-10H2,1H3;2H,1H2. The summed E-state index contributed by atoms with van der Waals surface area (Å²) in [5.41, 5.74) is 0. The number of hydrogen-bond donors (Lipinski definition) is 0. The number of hydrogen-bond acceptors (Lipinski definition) is 5. The van der Waals surface area contributed by atoms with Gasteiger partial charge in [0.15, 0.2) is 0 Å². The molecule has 0 atom stereocenters. The van der Waals surface area contributed by atoms with Gasteiger partial charge in [0.2, 0.25) is 0 Å². The molecule has 0 aliphatic rings. The zero-order valence-corrected chi connectivity index (χ0v) is 12.1. The van der Waals surface area contributed by atoms with Crippen molar-refractivity contribution in [3.63, 3.8) is 0 Å². The molecule has 0 fully saturated rings. The van der Waals surface area contributed by atoms with Crippen LogP contribution in [0.15, 0.2) is 25.3 Å². The fourth-order valence-electron chi connectivity index (χ4n) is 1.20. The molecule has 0 aliphatic carbocycles. The van der Waals surface area contributed by atoms with Gasteiger partial charge in [0, 0.05) is 12.2 Å². The molecule has 0 N–H and O–H groups in total.